The van der Waals surface area contributed by atoms with Gasteiger partial charge in [-0.2, -0.15) is 0 Å². The fourth-order valence-electron chi connectivity index (χ4n) is 3.03. The van der Waals surface area contributed by atoms with Crippen LogP contribution in [-0.2, 0) is 0 Å². The molecule has 1 aliphatic carbocycles. The smallest absolute Gasteiger partial charge is 0.0564 e. The summed E-state index contributed by atoms with van der Waals surface area (Å²) in [5.41, 5.74) is 4.82. The van der Waals surface area contributed by atoms with Crippen LogP contribution in [0.25, 0.3) is 0 Å². The summed E-state index contributed by atoms with van der Waals surface area (Å²) in [7, 11) is -2.16. The van der Waals surface area contributed by atoms with E-state index in [1.807, 2.05) is 0 Å². The van der Waals surface area contributed by atoms with E-state index in [1.54, 1.807) is 11.1 Å². The molecule has 0 amide bonds. The maximum atomic E-state index is 2.57. The highest BCUT2D eigenvalue weighted by Gasteiger charge is 2.34. The van der Waals surface area contributed by atoms with Gasteiger partial charge >= 0.3 is 0 Å². The molecule has 0 aromatic heterocycles. The van der Waals surface area contributed by atoms with Gasteiger partial charge in [0.15, 0.2) is 0 Å². The highest BCUT2D eigenvalue weighted by atomic mass is 28.3. The van der Waals surface area contributed by atoms with E-state index in [4.69, 9.17) is 0 Å². The van der Waals surface area contributed by atoms with Crippen molar-refractivity contribution in [3.63, 3.8) is 0 Å². The minimum atomic E-state index is -1.09. The van der Waals surface area contributed by atoms with Gasteiger partial charge in [0, 0.05) is 0 Å². The maximum Gasteiger partial charge on any atom is 0.0564 e. The molecular weight excluding hydrogens is 224 g/mol. The van der Waals surface area contributed by atoms with Crippen LogP contribution in [0.3, 0.4) is 0 Å². The number of rotatable bonds is 2. The summed E-state index contributed by atoms with van der Waals surface area (Å²) in [6.45, 7) is 19.6. The van der Waals surface area contributed by atoms with Gasteiger partial charge in [-0.1, -0.05) is 62.6 Å². The first-order valence-corrected chi connectivity index (χ1v) is 13.6. The zero-order valence-electron chi connectivity index (χ0n) is 12.3. The van der Waals surface area contributed by atoms with Crippen LogP contribution in [0.4, 0.5) is 0 Å². The second kappa shape index (κ2) is 4.30. The molecule has 92 valence electrons. The molecule has 0 nitrogen and oxygen atoms in total. The highest BCUT2D eigenvalue weighted by molar-refractivity contribution is 6.80. The summed E-state index contributed by atoms with van der Waals surface area (Å²) in [5, 5.41) is 0. The van der Waals surface area contributed by atoms with Crippen LogP contribution in [0.5, 0.6) is 0 Å². The topological polar surface area (TPSA) is 0 Å². The van der Waals surface area contributed by atoms with Gasteiger partial charge in [0.1, 0.15) is 0 Å². The lowest BCUT2D eigenvalue weighted by Gasteiger charge is -2.37. The van der Waals surface area contributed by atoms with Crippen LogP contribution in [-0.4, -0.2) is 16.1 Å². The van der Waals surface area contributed by atoms with Gasteiger partial charge in [-0.3, -0.25) is 0 Å². The van der Waals surface area contributed by atoms with Gasteiger partial charge in [0.25, 0.3) is 0 Å². The Morgan fingerprint density at radius 1 is 0.750 bits per heavy atom. The zero-order chi connectivity index (χ0) is 12.7. The van der Waals surface area contributed by atoms with Crippen molar-refractivity contribution in [3.05, 3.63) is 23.3 Å². The molecule has 0 aliphatic heterocycles. The lowest BCUT2D eigenvalue weighted by molar-refractivity contribution is 0.973. The quantitative estimate of drug-likeness (QED) is 0.461. The summed E-state index contributed by atoms with van der Waals surface area (Å²) >= 11 is 0. The molecule has 0 N–H and O–H groups in total. The molecule has 0 atom stereocenters. The molecule has 2 heteroatoms. The van der Waals surface area contributed by atoms with Gasteiger partial charge in [-0.05, 0) is 24.9 Å². The van der Waals surface area contributed by atoms with Crippen LogP contribution in [0.1, 0.15) is 13.8 Å². The Morgan fingerprint density at radius 3 is 1.38 bits per heavy atom. The normalized spacial score (nSPS) is 27.5. The SMILES string of the molecule is CC1=CC([Si](C)(C)C)C=C(C)C1[Si](C)(C)C. The number of hydrogen-bond acceptors (Lipinski definition) is 0. The van der Waals surface area contributed by atoms with E-state index in [0.29, 0.717) is 0 Å². The molecule has 0 spiro atoms. The summed E-state index contributed by atoms with van der Waals surface area (Å²) in [5.74, 6) is 0. The van der Waals surface area contributed by atoms with E-state index in [-0.39, 0.29) is 0 Å². The minimum absolute atomic E-state index is 0.750. The molecule has 0 aromatic rings. The standard InChI is InChI=1S/C14H28Si2/c1-11-9-13(15(3,4)5)10-12(2)14(11)16(6,7)8/h9-10,13-14H,1-8H3. The van der Waals surface area contributed by atoms with Crippen molar-refractivity contribution in [2.75, 3.05) is 0 Å². The van der Waals surface area contributed by atoms with Gasteiger partial charge in [0.05, 0.1) is 16.1 Å². The van der Waals surface area contributed by atoms with Crippen molar-refractivity contribution in [1.82, 2.24) is 0 Å². The summed E-state index contributed by atoms with van der Waals surface area (Å²) in [4.78, 5) is 0. The Kier molecular flexibility index (Phi) is 3.76. The largest absolute Gasteiger partial charge is 0.0811 e. The van der Waals surface area contributed by atoms with Crippen LogP contribution in [0.15, 0.2) is 23.3 Å². The maximum absolute atomic E-state index is 2.57. The summed E-state index contributed by atoms with van der Waals surface area (Å²) in [6, 6.07) is 0. The lowest BCUT2D eigenvalue weighted by Crippen LogP contribution is -2.34. The van der Waals surface area contributed by atoms with E-state index in [1.165, 1.54) is 0 Å². The number of allylic oxidation sites excluding steroid dienone is 4. The molecule has 1 rings (SSSR count). The lowest BCUT2D eigenvalue weighted by atomic mass is 9.99. The van der Waals surface area contributed by atoms with Crippen LogP contribution < -0.4 is 0 Å². The van der Waals surface area contributed by atoms with Crippen LogP contribution in [0, 0.1) is 0 Å². The first-order chi connectivity index (χ1) is 7.03. The minimum Gasteiger partial charge on any atom is -0.0811 e. The van der Waals surface area contributed by atoms with E-state index < -0.39 is 16.1 Å². The third-order valence-electron chi connectivity index (χ3n) is 3.66. The van der Waals surface area contributed by atoms with Gasteiger partial charge in [-0.15, -0.1) is 0 Å². The first kappa shape index (κ1) is 14.0. The van der Waals surface area contributed by atoms with E-state index in [2.05, 4.69) is 65.3 Å². The molecule has 0 fully saturated rings. The predicted octanol–water partition coefficient (Wildman–Crippen LogP) is 5.31. The van der Waals surface area contributed by atoms with Crippen molar-refractivity contribution in [1.29, 1.82) is 0 Å². The van der Waals surface area contributed by atoms with Crippen molar-refractivity contribution in [2.45, 2.75) is 64.2 Å². The predicted molar refractivity (Wildman–Crippen MR) is 81.7 cm³/mol. The van der Waals surface area contributed by atoms with Crippen molar-refractivity contribution >= 4 is 16.1 Å². The van der Waals surface area contributed by atoms with Crippen LogP contribution in [0.2, 0.25) is 50.4 Å². The van der Waals surface area contributed by atoms with Crippen molar-refractivity contribution < 1.29 is 0 Å². The average Bonchev–Trinajstić information content (AvgIpc) is 1.97. The molecule has 1 aliphatic rings. The Morgan fingerprint density at radius 2 is 1.12 bits per heavy atom. The van der Waals surface area contributed by atoms with Gasteiger partial charge < -0.3 is 0 Å². The van der Waals surface area contributed by atoms with Crippen molar-refractivity contribution in [2.24, 2.45) is 0 Å². The fraction of sp³-hybridized carbons (Fsp3) is 0.714. The van der Waals surface area contributed by atoms with Gasteiger partial charge in [0.2, 0.25) is 0 Å². The Bertz CT molecular complexity index is 304. The summed E-state index contributed by atoms with van der Waals surface area (Å²) < 4.78 is 0. The monoisotopic (exact) mass is 252 g/mol. The molecular formula is C14H28Si2. The zero-order valence-corrected chi connectivity index (χ0v) is 14.3. The highest BCUT2D eigenvalue weighted by Crippen LogP contribution is 2.44. The molecule has 0 saturated carbocycles. The molecule has 0 aromatic carbocycles. The second-order valence-electron chi connectivity index (χ2n) is 7.51. The molecule has 0 radical (unpaired) electrons. The molecule has 0 saturated heterocycles. The Balaban J connectivity index is 3.07. The molecule has 16 heavy (non-hydrogen) atoms. The third kappa shape index (κ3) is 2.98. The van der Waals surface area contributed by atoms with Crippen molar-refractivity contribution in [3.8, 4) is 0 Å². The molecule has 0 bridgehead atoms. The van der Waals surface area contributed by atoms with E-state index in [0.717, 1.165) is 11.1 Å². The third-order valence-corrected chi connectivity index (χ3v) is 8.64. The fourth-order valence-corrected chi connectivity index (χ4v) is 7.48. The Hall–Kier alpha value is -0.0862. The Labute approximate surface area is 104 Å². The molecule has 0 heterocycles. The van der Waals surface area contributed by atoms with E-state index in [9.17, 15) is 0 Å². The second-order valence-corrected chi connectivity index (χ2v) is 18.2. The van der Waals surface area contributed by atoms with E-state index >= 15 is 0 Å². The molecule has 0 unspecified atom stereocenters. The first-order valence-electron chi connectivity index (χ1n) is 6.40. The average molecular weight is 253 g/mol. The van der Waals surface area contributed by atoms with Gasteiger partial charge in [-0.25, -0.2) is 0 Å². The van der Waals surface area contributed by atoms with Crippen LogP contribution >= 0.6 is 0 Å². The number of hydrogen-bond donors (Lipinski definition) is 0. The summed E-state index contributed by atoms with van der Waals surface area (Å²) in [6.07, 6.45) is 5.14.